The summed E-state index contributed by atoms with van der Waals surface area (Å²) in [5, 5.41) is 6.55. The summed E-state index contributed by atoms with van der Waals surface area (Å²) in [6.07, 6.45) is 1.68. The molecule has 7 nitrogen and oxygen atoms in total. The first-order chi connectivity index (χ1) is 12.6. The van der Waals surface area contributed by atoms with Crippen LogP contribution in [-0.4, -0.2) is 52.3 Å². The standard InChI is InChI=1S/C19H28N4O3/c1-6-20-19(21-13-15(23(2)3)16-8-7-11-26-16)22-14-9-10-17(24-4)18(12-14)25-5/h7-12,15H,6,13H2,1-5H3,(H2,20,21,22). The van der Waals surface area contributed by atoms with Crippen LogP contribution >= 0.6 is 0 Å². The Morgan fingerprint density at radius 3 is 2.54 bits per heavy atom. The number of rotatable bonds is 8. The highest BCUT2D eigenvalue weighted by Gasteiger charge is 2.16. The van der Waals surface area contributed by atoms with Crippen LogP contribution < -0.4 is 20.1 Å². The molecule has 1 aromatic heterocycles. The van der Waals surface area contributed by atoms with Crippen molar-refractivity contribution in [2.24, 2.45) is 4.99 Å². The van der Waals surface area contributed by atoms with Crippen LogP contribution in [0.25, 0.3) is 0 Å². The molecule has 0 saturated carbocycles. The SMILES string of the molecule is CCNC(=NCC(c1ccco1)N(C)C)Nc1ccc(OC)c(OC)c1. The third kappa shape index (κ3) is 5.16. The lowest BCUT2D eigenvalue weighted by molar-refractivity contribution is 0.265. The highest BCUT2D eigenvalue weighted by Crippen LogP contribution is 2.29. The smallest absolute Gasteiger partial charge is 0.195 e. The Labute approximate surface area is 155 Å². The first-order valence-corrected chi connectivity index (χ1v) is 8.56. The fourth-order valence-electron chi connectivity index (χ4n) is 2.52. The third-order valence-electron chi connectivity index (χ3n) is 3.91. The molecular weight excluding hydrogens is 332 g/mol. The molecule has 1 atom stereocenters. The van der Waals surface area contributed by atoms with E-state index in [4.69, 9.17) is 18.9 Å². The number of ether oxygens (including phenoxy) is 2. The van der Waals surface area contributed by atoms with E-state index in [0.29, 0.717) is 24.0 Å². The van der Waals surface area contributed by atoms with Crippen LogP contribution in [0.2, 0.25) is 0 Å². The molecule has 0 spiro atoms. The molecule has 1 aromatic carbocycles. The molecule has 2 N–H and O–H groups in total. The van der Waals surface area contributed by atoms with Crippen molar-refractivity contribution in [1.82, 2.24) is 10.2 Å². The zero-order valence-electron chi connectivity index (χ0n) is 16.1. The highest BCUT2D eigenvalue weighted by atomic mass is 16.5. The summed E-state index contributed by atoms with van der Waals surface area (Å²) in [5.41, 5.74) is 0.863. The van der Waals surface area contributed by atoms with Crippen molar-refractivity contribution < 1.29 is 13.9 Å². The average molecular weight is 360 g/mol. The Bertz CT molecular complexity index is 699. The zero-order chi connectivity index (χ0) is 18.9. The van der Waals surface area contributed by atoms with E-state index in [1.807, 2.05) is 51.4 Å². The number of aliphatic imine (C=N–C) groups is 1. The van der Waals surface area contributed by atoms with Gasteiger partial charge >= 0.3 is 0 Å². The molecule has 2 rings (SSSR count). The molecule has 0 aliphatic heterocycles. The van der Waals surface area contributed by atoms with Crippen LogP contribution in [0.5, 0.6) is 11.5 Å². The number of hydrogen-bond acceptors (Lipinski definition) is 5. The van der Waals surface area contributed by atoms with Crippen LogP contribution in [-0.2, 0) is 0 Å². The van der Waals surface area contributed by atoms with Gasteiger partial charge in [-0.2, -0.15) is 0 Å². The second-order valence-electron chi connectivity index (χ2n) is 5.91. The van der Waals surface area contributed by atoms with Crippen molar-refractivity contribution in [2.75, 3.05) is 46.7 Å². The summed E-state index contributed by atoms with van der Waals surface area (Å²) >= 11 is 0. The minimum Gasteiger partial charge on any atom is -0.493 e. The number of nitrogens with zero attached hydrogens (tertiary/aromatic N) is 2. The Morgan fingerprint density at radius 2 is 1.96 bits per heavy atom. The van der Waals surface area contributed by atoms with Gasteiger partial charge in [0, 0.05) is 18.3 Å². The van der Waals surface area contributed by atoms with Gasteiger partial charge in [0.1, 0.15) is 5.76 Å². The number of guanidine groups is 1. The maximum Gasteiger partial charge on any atom is 0.195 e. The zero-order valence-corrected chi connectivity index (χ0v) is 16.1. The number of hydrogen-bond donors (Lipinski definition) is 2. The first kappa shape index (κ1) is 19.7. The van der Waals surface area contributed by atoms with Crippen molar-refractivity contribution in [1.29, 1.82) is 0 Å². The van der Waals surface area contributed by atoms with Crippen LogP contribution in [0.1, 0.15) is 18.7 Å². The number of anilines is 1. The molecule has 0 fully saturated rings. The molecule has 2 aromatic rings. The molecule has 7 heteroatoms. The lowest BCUT2D eigenvalue weighted by Crippen LogP contribution is -2.32. The van der Waals surface area contributed by atoms with Gasteiger partial charge in [-0.3, -0.25) is 9.89 Å². The van der Waals surface area contributed by atoms with Crippen molar-refractivity contribution in [3.8, 4) is 11.5 Å². The van der Waals surface area contributed by atoms with Crippen LogP contribution in [0, 0.1) is 0 Å². The molecule has 1 heterocycles. The van der Waals surface area contributed by atoms with Gasteiger partial charge in [0.25, 0.3) is 0 Å². The summed E-state index contributed by atoms with van der Waals surface area (Å²) in [7, 11) is 7.26. The van der Waals surface area contributed by atoms with Gasteiger partial charge < -0.3 is 24.5 Å². The minimum absolute atomic E-state index is 0.0610. The maximum absolute atomic E-state index is 5.54. The third-order valence-corrected chi connectivity index (χ3v) is 3.91. The van der Waals surface area contributed by atoms with Crippen LogP contribution in [0.15, 0.2) is 46.0 Å². The summed E-state index contributed by atoms with van der Waals surface area (Å²) < 4.78 is 16.2. The molecular formula is C19H28N4O3. The molecule has 0 amide bonds. The summed E-state index contributed by atoms with van der Waals surface area (Å²) in [6, 6.07) is 9.57. The number of methoxy groups -OCH3 is 2. The quantitative estimate of drug-likeness (QED) is 0.557. The predicted octanol–water partition coefficient (Wildman–Crippen LogP) is 2.98. The van der Waals surface area contributed by atoms with E-state index in [1.54, 1.807) is 20.5 Å². The molecule has 26 heavy (non-hydrogen) atoms. The van der Waals surface area contributed by atoms with Crippen LogP contribution in [0.4, 0.5) is 5.69 Å². The summed E-state index contributed by atoms with van der Waals surface area (Å²) in [6.45, 7) is 3.34. The number of benzene rings is 1. The minimum atomic E-state index is 0.0610. The summed E-state index contributed by atoms with van der Waals surface area (Å²) in [5.74, 6) is 2.93. The second-order valence-corrected chi connectivity index (χ2v) is 5.91. The fourth-order valence-corrected chi connectivity index (χ4v) is 2.52. The largest absolute Gasteiger partial charge is 0.493 e. The van der Waals surface area contributed by atoms with Gasteiger partial charge in [-0.1, -0.05) is 0 Å². The van der Waals surface area contributed by atoms with E-state index in [0.717, 1.165) is 18.0 Å². The molecule has 142 valence electrons. The Hall–Kier alpha value is -2.67. The fraction of sp³-hybridized carbons (Fsp3) is 0.421. The second kappa shape index (κ2) is 9.72. The number of furan rings is 1. The first-order valence-electron chi connectivity index (χ1n) is 8.56. The highest BCUT2D eigenvalue weighted by molar-refractivity contribution is 5.93. The Morgan fingerprint density at radius 1 is 1.19 bits per heavy atom. The normalized spacial score (nSPS) is 12.8. The molecule has 1 unspecified atom stereocenters. The van der Waals surface area contributed by atoms with Gasteiger partial charge in [-0.05, 0) is 45.3 Å². The maximum atomic E-state index is 5.54. The number of likely N-dealkylation sites (N-methyl/N-ethyl adjacent to an activating group) is 1. The molecule has 0 aliphatic carbocycles. The Balaban J connectivity index is 2.16. The molecule has 0 aliphatic rings. The average Bonchev–Trinajstić information content (AvgIpc) is 3.15. The molecule has 0 radical (unpaired) electrons. The van der Waals surface area contributed by atoms with Crippen molar-refractivity contribution >= 4 is 11.6 Å². The van der Waals surface area contributed by atoms with Gasteiger partial charge in [-0.25, -0.2) is 0 Å². The number of nitrogens with one attached hydrogen (secondary N) is 2. The lowest BCUT2D eigenvalue weighted by Gasteiger charge is -2.21. The lowest BCUT2D eigenvalue weighted by atomic mass is 10.2. The van der Waals surface area contributed by atoms with E-state index in [1.165, 1.54) is 0 Å². The van der Waals surface area contributed by atoms with E-state index in [-0.39, 0.29) is 6.04 Å². The monoisotopic (exact) mass is 360 g/mol. The van der Waals surface area contributed by atoms with Gasteiger partial charge in [0.05, 0.1) is 33.1 Å². The molecule has 0 saturated heterocycles. The van der Waals surface area contributed by atoms with E-state index < -0.39 is 0 Å². The van der Waals surface area contributed by atoms with Crippen LogP contribution in [0.3, 0.4) is 0 Å². The van der Waals surface area contributed by atoms with E-state index in [2.05, 4.69) is 15.5 Å². The Kier molecular flexibility index (Phi) is 7.35. The summed E-state index contributed by atoms with van der Waals surface area (Å²) in [4.78, 5) is 6.79. The van der Waals surface area contributed by atoms with Gasteiger partial charge in [0.2, 0.25) is 0 Å². The van der Waals surface area contributed by atoms with Crippen molar-refractivity contribution in [3.05, 3.63) is 42.4 Å². The van der Waals surface area contributed by atoms with E-state index in [9.17, 15) is 0 Å². The van der Waals surface area contributed by atoms with Gasteiger partial charge in [-0.15, -0.1) is 0 Å². The van der Waals surface area contributed by atoms with E-state index >= 15 is 0 Å². The topological polar surface area (TPSA) is 71.3 Å². The van der Waals surface area contributed by atoms with Crippen molar-refractivity contribution in [3.63, 3.8) is 0 Å². The van der Waals surface area contributed by atoms with Crippen molar-refractivity contribution in [2.45, 2.75) is 13.0 Å². The predicted molar refractivity (Wildman–Crippen MR) is 104 cm³/mol. The van der Waals surface area contributed by atoms with Gasteiger partial charge in [0.15, 0.2) is 17.5 Å². The molecule has 0 bridgehead atoms.